The van der Waals surface area contributed by atoms with Crippen molar-refractivity contribution >= 4 is 0 Å². The molecule has 1 aliphatic rings. The summed E-state index contributed by atoms with van der Waals surface area (Å²) in [5.41, 5.74) is 3.13. The summed E-state index contributed by atoms with van der Waals surface area (Å²) in [5, 5.41) is 9.59. The zero-order valence-corrected chi connectivity index (χ0v) is 13.5. The summed E-state index contributed by atoms with van der Waals surface area (Å²) in [6, 6.07) is 7.19. The largest absolute Gasteiger partial charge is 0.508 e. The van der Waals surface area contributed by atoms with Crippen LogP contribution in [0.5, 0.6) is 5.75 Å². The molecule has 0 unspecified atom stereocenters. The lowest BCUT2D eigenvalue weighted by Gasteiger charge is -2.27. The molecule has 25 heavy (non-hydrogen) atoms. The maximum atomic E-state index is 12.5. The fraction of sp³-hybridized carbons (Fsp3) is 0.222. The normalized spacial score (nSPS) is 14.2. The first-order chi connectivity index (χ1) is 12.2. The number of phenols is 1. The maximum absolute atomic E-state index is 12.5. The van der Waals surface area contributed by atoms with Crippen LogP contribution in [-0.4, -0.2) is 36.5 Å². The number of aromatic hydroxyl groups is 1. The van der Waals surface area contributed by atoms with E-state index < -0.39 is 0 Å². The molecule has 1 aromatic carbocycles. The Hall–Kier alpha value is -3.06. The number of nitrogens with zero attached hydrogens (tertiary/aromatic N) is 4. The molecule has 0 radical (unpaired) electrons. The van der Waals surface area contributed by atoms with Crippen LogP contribution in [0.2, 0.25) is 0 Å². The van der Waals surface area contributed by atoms with E-state index in [0.717, 1.165) is 17.8 Å². The van der Waals surface area contributed by atoms with Crippen LogP contribution in [-0.2, 0) is 19.5 Å². The number of aromatic amines is 1. The Morgan fingerprint density at radius 3 is 2.88 bits per heavy atom. The van der Waals surface area contributed by atoms with Gasteiger partial charge in [-0.25, -0.2) is 15.0 Å². The molecule has 0 bridgehead atoms. The third kappa shape index (κ3) is 3.27. The van der Waals surface area contributed by atoms with Crippen molar-refractivity contribution in [2.45, 2.75) is 19.5 Å². The molecule has 7 nitrogen and oxygen atoms in total. The fourth-order valence-electron chi connectivity index (χ4n) is 3.09. The number of nitrogens with one attached hydrogen (secondary N) is 1. The van der Waals surface area contributed by atoms with Crippen molar-refractivity contribution in [3.8, 4) is 17.1 Å². The molecule has 3 aromatic rings. The molecule has 1 aliphatic heterocycles. The molecular weight excluding hydrogens is 318 g/mol. The molecule has 0 saturated heterocycles. The number of rotatable bonds is 3. The Morgan fingerprint density at radius 2 is 2.08 bits per heavy atom. The SMILES string of the molecule is O=c1[nH]c(-c2cncnc2)nc2c1CN(Cc1cccc(O)c1)CC2. The van der Waals surface area contributed by atoms with E-state index in [4.69, 9.17) is 0 Å². The van der Waals surface area contributed by atoms with Gasteiger partial charge in [-0.2, -0.15) is 0 Å². The quantitative estimate of drug-likeness (QED) is 0.753. The van der Waals surface area contributed by atoms with Gasteiger partial charge in [0.2, 0.25) is 0 Å². The van der Waals surface area contributed by atoms with Gasteiger partial charge in [0, 0.05) is 38.4 Å². The van der Waals surface area contributed by atoms with E-state index in [1.807, 2.05) is 12.1 Å². The van der Waals surface area contributed by atoms with Crippen molar-refractivity contribution in [3.05, 3.63) is 70.2 Å². The van der Waals surface area contributed by atoms with Gasteiger partial charge < -0.3 is 10.1 Å². The van der Waals surface area contributed by atoms with Gasteiger partial charge in [0.25, 0.3) is 5.56 Å². The van der Waals surface area contributed by atoms with Crippen LogP contribution in [0, 0.1) is 0 Å². The van der Waals surface area contributed by atoms with E-state index in [-0.39, 0.29) is 11.3 Å². The molecule has 3 heterocycles. The molecule has 0 atom stereocenters. The third-order valence-electron chi connectivity index (χ3n) is 4.30. The van der Waals surface area contributed by atoms with E-state index in [1.54, 1.807) is 24.5 Å². The number of benzene rings is 1. The predicted molar refractivity (Wildman–Crippen MR) is 91.8 cm³/mol. The molecule has 0 saturated carbocycles. The highest BCUT2D eigenvalue weighted by Crippen LogP contribution is 2.20. The maximum Gasteiger partial charge on any atom is 0.255 e. The Morgan fingerprint density at radius 1 is 1.24 bits per heavy atom. The van der Waals surface area contributed by atoms with Gasteiger partial charge in [0.1, 0.15) is 17.9 Å². The number of fused-ring (bicyclic) bond motifs is 1. The monoisotopic (exact) mass is 335 g/mol. The molecule has 0 amide bonds. The van der Waals surface area contributed by atoms with E-state index >= 15 is 0 Å². The Labute approximate surface area is 144 Å². The minimum absolute atomic E-state index is 0.121. The number of phenolic OH excluding ortho intramolecular Hbond substituents is 1. The molecule has 2 aromatic heterocycles. The summed E-state index contributed by atoms with van der Waals surface area (Å²) in [5.74, 6) is 0.759. The third-order valence-corrected chi connectivity index (χ3v) is 4.30. The van der Waals surface area contributed by atoms with Crippen molar-refractivity contribution < 1.29 is 5.11 Å². The topological polar surface area (TPSA) is 95.0 Å². The average molecular weight is 335 g/mol. The van der Waals surface area contributed by atoms with Crippen molar-refractivity contribution in [3.63, 3.8) is 0 Å². The van der Waals surface area contributed by atoms with Crippen LogP contribution >= 0.6 is 0 Å². The summed E-state index contributed by atoms with van der Waals surface area (Å²) in [7, 11) is 0. The van der Waals surface area contributed by atoms with E-state index in [2.05, 4.69) is 24.8 Å². The Bertz CT molecular complexity index is 955. The molecule has 0 spiro atoms. The van der Waals surface area contributed by atoms with Crippen molar-refractivity contribution in [1.29, 1.82) is 0 Å². The van der Waals surface area contributed by atoms with Gasteiger partial charge in [-0.1, -0.05) is 12.1 Å². The van der Waals surface area contributed by atoms with E-state index in [1.165, 1.54) is 6.33 Å². The summed E-state index contributed by atoms with van der Waals surface area (Å²) >= 11 is 0. The van der Waals surface area contributed by atoms with Gasteiger partial charge in [0.15, 0.2) is 0 Å². The summed E-state index contributed by atoms with van der Waals surface area (Å²) in [6.07, 6.45) is 5.42. The Kier molecular flexibility index (Phi) is 3.99. The van der Waals surface area contributed by atoms with Gasteiger partial charge in [-0.3, -0.25) is 9.69 Å². The summed E-state index contributed by atoms with van der Waals surface area (Å²) in [6.45, 7) is 2.03. The van der Waals surface area contributed by atoms with Gasteiger partial charge in [-0.15, -0.1) is 0 Å². The molecule has 2 N–H and O–H groups in total. The molecule has 0 aliphatic carbocycles. The second kappa shape index (κ2) is 6.45. The highest BCUT2D eigenvalue weighted by molar-refractivity contribution is 5.52. The Balaban J connectivity index is 1.58. The molecule has 4 rings (SSSR count). The van der Waals surface area contributed by atoms with Crippen LogP contribution in [0.15, 0.2) is 47.8 Å². The zero-order valence-electron chi connectivity index (χ0n) is 13.5. The number of aromatic nitrogens is 4. The smallest absolute Gasteiger partial charge is 0.255 e. The van der Waals surface area contributed by atoms with Gasteiger partial charge >= 0.3 is 0 Å². The highest BCUT2D eigenvalue weighted by Gasteiger charge is 2.21. The molecule has 0 fully saturated rings. The van der Waals surface area contributed by atoms with Crippen molar-refractivity contribution in [2.75, 3.05) is 6.54 Å². The summed E-state index contributed by atoms with van der Waals surface area (Å²) in [4.78, 5) is 30.1. The lowest BCUT2D eigenvalue weighted by Crippen LogP contribution is -2.35. The first kappa shape index (κ1) is 15.5. The van der Waals surface area contributed by atoms with Gasteiger partial charge in [-0.05, 0) is 17.7 Å². The first-order valence-electron chi connectivity index (χ1n) is 8.07. The summed E-state index contributed by atoms with van der Waals surface area (Å²) < 4.78 is 0. The standard InChI is InChI=1S/C18H17N5O2/c24-14-3-1-2-12(6-14)9-23-5-4-16-15(10-23)18(25)22-17(21-16)13-7-19-11-20-8-13/h1-3,6-8,11,24H,4-5,9-10H2,(H,21,22,25). The number of hydrogen-bond acceptors (Lipinski definition) is 6. The molecule has 7 heteroatoms. The molecular formula is C18H17N5O2. The van der Waals surface area contributed by atoms with Crippen molar-refractivity contribution in [1.82, 2.24) is 24.8 Å². The minimum Gasteiger partial charge on any atom is -0.508 e. The van der Waals surface area contributed by atoms with Crippen molar-refractivity contribution in [2.24, 2.45) is 0 Å². The van der Waals surface area contributed by atoms with Crippen LogP contribution in [0.3, 0.4) is 0 Å². The van der Waals surface area contributed by atoms with Crippen LogP contribution in [0.1, 0.15) is 16.8 Å². The second-order valence-electron chi connectivity index (χ2n) is 6.10. The lowest BCUT2D eigenvalue weighted by atomic mass is 10.1. The zero-order chi connectivity index (χ0) is 17.2. The molecule has 126 valence electrons. The predicted octanol–water partition coefficient (Wildman–Crippen LogP) is 1.49. The first-order valence-corrected chi connectivity index (χ1v) is 8.07. The lowest BCUT2D eigenvalue weighted by molar-refractivity contribution is 0.241. The second-order valence-corrected chi connectivity index (χ2v) is 6.10. The van der Waals surface area contributed by atoms with Crippen LogP contribution < -0.4 is 5.56 Å². The minimum atomic E-state index is -0.121. The van der Waals surface area contributed by atoms with E-state index in [9.17, 15) is 9.90 Å². The van der Waals surface area contributed by atoms with Crippen LogP contribution in [0.4, 0.5) is 0 Å². The van der Waals surface area contributed by atoms with Gasteiger partial charge in [0.05, 0.1) is 16.8 Å². The highest BCUT2D eigenvalue weighted by atomic mass is 16.3. The van der Waals surface area contributed by atoms with E-state index in [0.29, 0.717) is 36.5 Å². The number of hydrogen-bond donors (Lipinski definition) is 2. The van der Waals surface area contributed by atoms with Crippen LogP contribution in [0.25, 0.3) is 11.4 Å². The fourth-order valence-corrected chi connectivity index (χ4v) is 3.09. The average Bonchev–Trinajstić information content (AvgIpc) is 2.63. The number of H-pyrrole nitrogens is 1.